The number of carbonyl (C=O) groups excluding carboxylic acids is 2. The molecular formula is C24H30Cl2FN3O4S. The molecule has 192 valence electrons. The Morgan fingerprint density at radius 1 is 1.03 bits per heavy atom. The van der Waals surface area contributed by atoms with Crippen LogP contribution in [0, 0.1) is 5.82 Å². The Hall–Kier alpha value is -2.36. The number of benzene rings is 2. The fourth-order valence-electron chi connectivity index (χ4n) is 3.45. The molecule has 0 aliphatic carbocycles. The van der Waals surface area contributed by atoms with E-state index < -0.39 is 21.9 Å². The fraction of sp³-hybridized carbons (Fsp3) is 0.417. The van der Waals surface area contributed by atoms with Crippen molar-refractivity contribution in [2.24, 2.45) is 0 Å². The van der Waals surface area contributed by atoms with E-state index in [1.165, 1.54) is 29.2 Å². The molecule has 1 atom stereocenters. The van der Waals surface area contributed by atoms with Gasteiger partial charge in [0, 0.05) is 41.2 Å². The summed E-state index contributed by atoms with van der Waals surface area (Å²) in [6.45, 7) is 5.26. The van der Waals surface area contributed by atoms with Gasteiger partial charge in [-0.3, -0.25) is 13.9 Å². The Morgan fingerprint density at radius 3 is 2.11 bits per heavy atom. The number of anilines is 1. The lowest BCUT2D eigenvalue weighted by Gasteiger charge is -2.30. The van der Waals surface area contributed by atoms with E-state index in [0.29, 0.717) is 21.3 Å². The number of rotatable bonds is 11. The van der Waals surface area contributed by atoms with Gasteiger partial charge in [-0.15, -0.1) is 0 Å². The number of amides is 2. The molecule has 7 nitrogen and oxygen atoms in total. The van der Waals surface area contributed by atoms with Crippen molar-refractivity contribution >= 4 is 50.7 Å². The highest BCUT2D eigenvalue weighted by Gasteiger charge is 2.28. The summed E-state index contributed by atoms with van der Waals surface area (Å²) in [5.74, 6) is -1.18. The standard InChI is InChI=1S/C24H30Cl2FN3O4S/c1-16(2)28-24(32)17(3)29(15-20-21(25)7-5-8-22(20)26)23(31)9-6-14-30(35(4,33)34)19-12-10-18(27)11-13-19/h5,7-8,10-13,16-17H,6,9,14-15H2,1-4H3,(H,28,32)/t17-/m0/s1. The predicted octanol–water partition coefficient (Wildman–Crippen LogP) is 4.62. The third kappa shape index (κ3) is 8.37. The first-order valence-corrected chi connectivity index (χ1v) is 13.7. The van der Waals surface area contributed by atoms with E-state index >= 15 is 0 Å². The highest BCUT2D eigenvalue weighted by Crippen LogP contribution is 2.27. The average Bonchev–Trinajstić information content (AvgIpc) is 2.75. The van der Waals surface area contributed by atoms with Crippen LogP contribution in [0.4, 0.5) is 10.1 Å². The van der Waals surface area contributed by atoms with Crippen LogP contribution in [0.15, 0.2) is 42.5 Å². The van der Waals surface area contributed by atoms with Gasteiger partial charge in [0.15, 0.2) is 0 Å². The SMILES string of the molecule is CC(C)NC(=O)[C@H](C)N(Cc1c(Cl)cccc1Cl)C(=O)CCCN(c1ccc(F)cc1)S(C)(=O)=O. The van der Waals surface area contributed by atoms with Crippen LogP contribution in [0.3, 0.4) is 0 Å². The molecule has 0 heterocycles. The molecule has 2 aromatic carbocycles. The zero-order valence-electron chi connectivity index (χ0n) is 20.1. The van der Waals surface area contributed by atoms with E-state index in [9.17, 15) is 22.4 Å². The quantitative estimate of drug-likeness (QED) is 0.446. The summed E-state index contributed by atoms with van der Waals surface area (Å²) in [6, 6.07) is 9.11. The maximum atomic E-state index is 13.3. The van der Waals surface area contributed by atoms with Crippen LogP contribution >= 0.6 is 23.2 Å². The molecule has 2 rings (SSSR count). The Balaban J connectivity index is 2.22. The van der Waals surface area contributed by atoms with Crippen molar-refractivity contribution in [3.63, 3.8) is 0 Å². The monoisotopic (exact) mass is 545 g/mol. The second-order valence-corrected chi connectivity index (χ2v) is 11.2. The zero-order chi connectivity index (χ0) is 26.3. The third-order valence-corrected chi connectivity index (χ3v) is 7.16. The maximum Gasteiger partial charge on any atom is 0.242 e. The number of halogens is 3. The van der Waals surface area contributed by atoms with Gasteiger partial charge in [-0.1, -0.05) is 29.3 Å². The molecule has 0 radical (unpaired) electrons. The van der Waals surface area contributed by atoms with Gasteiger partial charge in [-0.25, -0.2) is 12.8 Å². The van der Waals surface area contributed by atoms with E-state index in [4.69, 9.17) is 23.2 Å². The molecule has 0 aromatic heterocycles. The van der Waals surface area contributed by atoms with E-state index in [1.54, 1.807) is 25.1 Å². The van der Waals surface area contributed by atoms with Crippen molar-refractivity contribution in [3.8, 4) is 0 Å². The molecule has 0 bridgehead atoms. The van der Waals surface area contributed by atoms with Gasteiger partial charge < -0.3 is 10.2 Å². The van der Waals surface area contributed by atoms with Gasteiger partial charge >= 0.3 is 0 Å². The Bertz CT molecular complexity index is 1120. The van der Waals surface area contributed by atoms with Crippen LogP contribution in [0.2, 0.25) is 10.0 Å². The number of sulfonamides is 1. The first kappa shape index (κ1) is 28.9. The Kier molecular flexibility index (Phi) is 10.4. The first-order valence-electron chi connectivity index (χ1n) is 11.1. The van der Waals surface area contributed by atoms with Gasteiger partial charge in [0.2, 0.25) is 21.8 Å². The van der Waals surface area contributed by atoms with Crippen molar-refractivity contribution < 1.29 is 22.4 Å². The summed E-state index contributed by atoms with van der Waals surface area (Å²) in [5, 5.41) is 3.53. The number of nitrogens with one attached hydrogen (secondary N) is 1. The summed E-state index contributed by atoms with van der Waals surface area (Å²) < 4.78 is 39.0. The fourth-order valence-corrected chi connectivity index (χ4v) is 4.94. The van der Waals surface area contributed by atoms with E-state index in [-0.39, 0.29) is 43.8 Å². The molecule has 0 aliphatic heterocycles. The van der Waals surface area contributed by atoms with Crippen molar-refractivity contribution in [2.75, 3.05) is 17.1 Å². The summed E-state index contributed by atoms with van der Waals surface area (Å²) in [4.78, 5) is 27.3. The van der Waals surface area contributed by atoms with Gasteiger partial charge in [-0.2, -0.15) is 0 Å². The molecule has 0 saturated heterocycles. The number of nitrogens with zero attached hydrogens (tertiary/aromatic N) is 2. The average molecular weight is 546 g/mol. The molecule has 0 fully saturated rings. The van der Waals surface area contributed by atoms with Gasteiger partial charge in [0.1, 0.15) is 11.9 Å². The smallest absolute Gasteiger partial charge is 0.242 e. The van der Waals surface area contributed by atoms with Gasteiger partial charge in [0.05, 0.1) is 11.9 Å². The molecule has 11 heteroatoms. The normalized spacial score (nSPS) is 12.3. The third-order valence-electron chi connectivity index (χ3n) is 5.26. The van der Waals surface area contributed by atoms with E-state index in [2.05, 4.69) is 5.32 Å². The lowest BCUT2D eigenvalue weighted by molar-refractivity contribution is -0.140. The second-order valence-electron chi connectivity index (χ2n) is 8.48. The largest absolute Gasteiger partial charge is 0.352 e. The predicted molar refractivity (Wildman–Crippen MR) is 138 cm³/mol. The molecule has 35 heavy (non-hydrogen) atoms. The van der Waals surface area contributed by atoms with Crippen LogP contribution in [-0.4, -0.2) is 50.0 Å². The number of hydrogen-bond acceptors (Lipinski definition) is 4. The summed E-state index contributed by atoms with van der Waals surface area (Å²) in [5.41, 5.74) is 0.809. The van der Waals surface area contributed by atoms with E-state index in [0.717, 1.165) is 10.6 Å². The number of hydrogen-bond donors (Lipinski definition) is 1. The van der Waals surface area contributed by atoms with Crippen LogP contribution in [0.1, 0.15) is 39.2 Å². The van der Waals surface area contributed by atoms with Crippen molar-refractivity contribution in [1.82, 2.24) is 10.2 Å². The van der Waals surface area contributed by atoms with Crippen LogP contribution in [-0.2, 0) is 26.2 Å². The van der Waals surface area contributed by atoms with Crippen LogP contribution in [0.25, 0.3) is 0 Å². The second kappa shape index (κ2) is 12.6. The van der Waals surface area contributed by atoms with Crippen molar-refractivity contribution in [2.45, 2.75) is 52.2 Å². The molecule has 0 unspecified atom stereocenters. The molecule has 2 amide bonds. The van der Waals surface area contributed by atoms with Gasteiger partial charge in [-0.05, 0) is 63.6 Å². The molecule has 0 spiro atoms. The van der Waals surface area contributed by atoms with Crippen LogP contribution < -0.4 is 9.62 Å². The minimum Gasteiger partial charge on any atom is -0.352 e. The topological polar surface area (TPSA) is 86.8 Å². The number of carbonyl (C=O) groups is 2. The summed E-state index contributed by atoms with van der Waals surface area (Å²) >= 11 is 12.6. The zero-order valence-corrected chi connectivity index (χ0v) is 22.4. The Labute approximate surface area is 216 Å². The highest BCUT2D eigenvalue weighted by molar-refractivity contribution is 7.92. The van der Waals surface area contributed by atoms with Crippen molar-refractivity contribution in [3.05, 3.63) is 63.9 Å². The summed E-state index contributed by atoms with van der Waals surface area (Å²) in [6.07, 6.45) is 1.19. The molecule has 1 N–H and O–H groups in total. The van der Waals surface area contributed by atoms with Crippen LogP contribution in [0.5, 0.6) is 0 Å². The van der Waals surface area contributed by atoms with Gasteiger partial charge in [0.25, 0.3) is 0 Å². The van der Waals surface area contributed by atoms with E-state index in [1.807, 2.05) is 13.8 Å². The molecular weight excluding hydrogens is 516 g/mol. The molecule has 2 aromatic rings. The first-order chi connectivity index (χ1) is 16.3. The lowest BCUT2D eigenvalue weighted by Crippen LogP contribution is -2.49. The Morgan fingerprint density at radius 2 is 1.60 bits per heavy atom. The highest BCUT2D eigenvalue weighted by atomic mass is 35.5. The molecule has 0 saturated carbocycles. The molecule has 0 aliphatic rings. The maximum absolute atomic E-state index is 13.3. The minimum absolute atomic E-state index is 0.00344. The summed E-state index contributed by atoms with van der Waals surface area (Å²) in [7, 11) is -3.67. The van der Waals surface area contributed by atoms with Crippen molar-refractivity contribution in [1.29, 1.82) is 0 Å². The lowest BCUT2D eigenvalue weighted by atomic mass is 10.1. The minimum atomic E-state index is -3.67.